The van der Waals surface area contributed by atoms with Gasteiger partial charge in [0.25, 0.3) is 0 Å². The molecule has 0 spiro atoms. The van der Waals surface area contributed by atoms with Crippen molar-refractivity contribution in [2.45, 2.75) is 26.6 Å². The Kier molecular flexibility index (Phi) is 4.53. The smallest absolute Gasteiger partial charge is 0.330 e. The van der Waals surface area contributed by atoms with Crippen molar-refractivity contribution >= 4 is 12.0 Å². The fourth-order valence-electron chi connectivity index (χ4n) is 1.87. The lowest BCUT2D eigenvalue weighted by Gasteiger charge is -2.36. The van der Waals surface area contributed by atoms with Crippen molar-refractivity contribution in [3.63, 3.8) is 0 Å². The Bertz CT molecular complexity index is 550. The zero-order valence-electron chi connectivity index (χ0n) is 12.5. The van der Waals surface area contributed by atoms with Crippen LogP contribution in [0.5, 0.6) is 11.5 Å². The number of carbonyl (C=O) groups is 1. The summed E-state index contributed by atoms with van der Waals surface area (Å²) in [6, 6.07) is 5.27. The van der Waals surface area contributed by atoms with Crippen molar-refractivity contribution in [3.8, 4) is 11.5 Å². The Hall–Kier alpha value is -2.01. The first-order chi connectivity index (χ1) is 9.94. The molecule has 0 fully saturated rings. The summed E-state index contributed by atoms with van der Waals surface area (Å²) in [4.78, 5) is 11.3. The monoisotopic (exact) mass is 292 g/mol. The number of ether oxygens (including phenoxy) is 3. The molecule has 1 unspecified atom stereocenters. The number of aliphatic hydroxyl groups is 1. The van der Waals surface area contributed by atoms with Gasteiger partial charge in [-0.2, -0.15) is 0 Å². The first kappa shape index (κ1) is 15.4. The molecule has 0 radical (unpaired) electrons. The van der Waals surface area contributed by atoms with E-state index >= 15 is 0 Å². The average molecular weight is 292 g/mol. The molecule has 5 heteroatoms. The Morgan fingerprint density at radius 1 is 1.48 bits per heavy atom. The molecule has 1 heterocycles. The van der Waals surface area contributed by atoms with E-state index in [1.807, 2.05) is 13.8 Å². The van der Waals surface area contributed by atoms with Crippen molar-refractivity contribution in [2.75, 3.05) is 13.2 Å². The van der Waals surface area contributed by atoms with Gasteiger partial charge in [0.2, 0.25) is 5.79 Å². The van der Waals surface area contributed by atoms with Crippen LogP contribution in [0.1, 0.15) is 26.3 Å². The van der Waals surface area contributed by atoms with E-state index in [2.05, 4.69) is 0 Å². The van der Waals surface area contributed by atoms with Crippen molar-refractivity contribution < 1.29 is 24.1 Å². The van der Waals surface area contributed by atoms with E-state index in [0.29, 0.717) is 18.1 Å². The first-order valence-electron chi connectivity index (χ1n) is 6.97. The predicted octanol–water partition coefficient (Wildman–Crippen LogP) is 2.38. The zero-order valence-corrected chi connectivity index (χ0v) is 12.5. The summed E-state index contributed by atoms with van der Waals surface area (Å²) in [5, 5.41) is 10.3. The fourth-order valence-corrected chi connectivity index (χ4v) is 1.87. The number of esters is 1. The lowest BCUT2D eigenvalue weighted by molar-refractivity contribution is -0.202. The molecule has 1 aliphatic heterocycles. The van der Waals surface area contributed by atoms with Gasteiger partial charge in [-0.1, -0.05) is 19.9 Å². The minimum Gasteiger partial charge on any atom is -0.483 e. The quantitative estimate of drug-likeness (QED) is 0.682. The number of hydrogen-bond donors (Lipinski definition) is 1. The molecule has 2 rings (SSSR count). The Morgan fingerprint density at radius 2 is 2.24 bits per heavy atom. The van der Waals surface area contributed by atoms with E-state index in [-0.39, 0.29) is 12.5 Å². The van der Waals surface area contributed by atoms with Crippen molar-refractivity contribution in [1.29, 1.82) is 0 Å². The third-order valence-electron chi connectivity index (χ3n) is 3.29. The maximum absolute atomic E-state index is 11.3. The van der Waals surface area contributed by atoms with Crippen LogP contribution in [0.15, 0.2) is 24.3 Å². The van der Waals surface area contributed by atoms with E-state index in [1.165, 1.54) is 6.08 Å². The highest BCUT2D eigenvalue weighted by Crippen LogP contribution is 2.37. The number of rotatable bonds is 4. The molecule has 0 amide bonds. The summed E-state index contributed by atoms with van der Waals surface area (Å²) in [7, 11) is 0. The standard InChI is InChI=1S/C16H20O5/c1-4-19-15(17)8-6-12-5-7-13-14(9-12)21-16(18,10-20-13)11(2)3/h5-9,11,18H,4,10H2,1-3H3/b8-6+. The minimum absolute atomic E-state index is 0.0929. The predicted molar refractivity (Wildman–Crippen MR) is 78.0 cm³/mol. The molecular formula is C16H20O5. The highest BCUT2D eigenvalue weighted by atomic mass is 16.7. The maximum Gasteiger partial charge on any atom is 0.330 e. The van der Waals surface area contributed by atoms with E-state index in [9.17, 15) is 9.90 Å². The average Bonchev–Trinajstić information content (AvgIpc) is 2.45. The molecule has 0 saturated carbocycles. The van der Waals surface area contributed by atoms with Crippen LogP contribution in [-0.4, -0.2) is 30.1 Å². The maximum atomic E-state index is 11.3. The second-order valence-corrected chi connectivity index (χ2v) is 5.18. The summed E-state index contributed by atoms with van der Waals surface area (Å²) < 4.78 is 16.0. The summed E-state index contributed by atoms with van der Waals surface area (Å²) in [6.07, 6.45) is 2.98. The molecule has 21 heavy (non-hydrogen) atoms. The van der Waals surface area contributed by atoms with Gasteiger partial charge in [0.1, 0.15) is 0 Å². The van der Waals surface area contributed by atoms with Crippen LogP contribution in [0.4, 0.5) is 0 Å². The summed E-state index contributed by atoms with van der Waals surface area (Å²) in [6.45, 7) is 5.90. The van der Waals surface area contributed by atoms with Gasteiger partial charge >= 0.3 is 5.97 Å². The highest BCUT2D eigenvalue weighted by molar-refractivity contribution is 5.87. The van der Waals surface area contributed by atoms with Gasteiger partial charge in [0.05, 0.1) is 6.61 Å². The van der Waals surface area contributed by atoms with Gasteiger partial charge in [0.15, 0.2) is 18.1 Å². The number of carbonyl (C=O) groups excluding carboxylic acids is 1. The SMILES string of the molecule is CCOC(=O)/C=C/c1ccc2c(c1)OC(O)(C(C)C)CO2. The molecule has 1 aromatic rings. The summed E-state index contributed by atoms with van der Waals surface area (Å²) >= 11 is 0. The van der Waals surface area contributed by atoms with E-state index < -0.39 is 11.8 Å². The van der Waals surface area contributed by atoms with Crippen LogP contribution in [0.2, 0.25) is 0 Å². The lowest BCUT2D eigenvalue weighted by atomic mass is 10.0. The minimum atomic E-state index is -1.34. The van der Waals surface area contributed by atoms with Gasteiger partial charge in [-0.15, -0.1) is 0 Å². The fraction of sp³-hybridized carbons (Fsp3) is 0.438. The third-order valence-corrected chi connectivity index (χ3v) is 3.29. The van der Waals surface area contributed by atoms with Crippen LogP contribution in [0.25, 0.3) is 6.08 Å². The Morgan fingerprint density at radius 3 is 2.90 bits per heavy atom. The van der Waals surface area contributed by atoms with Crippen LogP contribution >= 0.6 is 0 Å². The van der Waals surface area contributed by atoms with Gasteiger partial charge in [-0.05, 0) is 30.7 Å². The number of benzene rings is 1. The Labute approximate surface area is 124 Å². The molecule has 114 valence electrons. The molecule has 1 N–H and O–H groups in total. The van der Waals surface area contributed by atoms with Crippen LogP contribution < -0.4 is 9.47 Å². The normalized spacial score (nSPS) is 20.8. The van der Waals surface area contributed by atoms with Crippen LogP contribution in [0, 0.1) is 5.92 Å². The van der Waals surface area contributed by atoms with Gasteiger partial charge in [-0.25, -0.2) is 4.79 Å². The van der Waals surface area contributed by atoms with Gasteiger partial charge in [-0.3, -0.25) is 0 Å². The van der Waals surface area contributed by atoms with E-state index in [0.717, 1.165) is 5.56 Å². The molecule has 0 bridgehead atoms. The summed E-state index contributed by atoms with van der Waals surface area (Å²) in [5.41, 5.74) is 0.762. The van der Waals surface area contributed by atoms with Crippen molar-refractivity contribution in [2.24, 2.45) is 5.92 Å². The lowest BCUT2D eigenvalue weighted by Crippen LogP contribution is -2.49. The van der Waals surface area contributed by atoms with E-state index in [4.69, 9.17) is 14.2 Å². The topological polar surface area (TPSA) is 65.0 Å². The van der Waals surface area contributed by atoms with E-state index in [1.54, 1.807) is 31.2 Å². The van der Waals surface area contributed by atoms with Crippen LogP contribution in [-0.2, 0) is 9.53 Å². The third kappa shape index (κ3) is 3.55. The number of hydrogen-bond acceptors (Lipinski definition) is 5. The second kappa shape index (κ2) is 6.18. The molecule has 5 nitrogen and oxygen atoms in total. The Balaban J connectivity index is 2.17. The summed E-state index contributed by atoms with van der Waals surface area (Å²) in [5.74, 6) is -0.802. The van der Waals surface area contributed by atoms with Gasteiger partial charge < -0.3 is 19.3 Å². The first-order valence-corrected chi connectivity index (χ1v) is 6.97. The molecule has 1 aliphatic rings. The zero-order chi connectivity index (χ0) is 15.5. The molecule has 0 aliphatic carbocycles. The number of fused-ring (bicyclic) bond motifs is 1. The molecular weight excluding hydrogens is 272 g/mol. The largest absolute Gasteiger partial charge is 0.483 e. The second-order valence-electron chi connectivity index (χ2n) is 5.18. The molecule has 0 saturated heterocycles. The highest BCUT2D eigenvalue weighted by Gasteiger charge is 2.38. The van der Waals surface area contributed by atoms with Crippen molar-refractivity contribution in [1.82, 2.24) is 0 Å². The van der Waals surface area contributed by atoms with Crippen molar-refractivity contribution in [3.05, 3.63) is 29.8 Å². The molecule has 0 aromatic heterocycles. The molecule has 1 atom stereocenters. The van der Waals surface area contributed by atoms with Gasteiger partial charge in [0, 0.05) is 12.0 Å². The van der Waals surface area contributed by atoms with Crippen LogP contribution in [0.3, 0.4) is 0 Å². The molecule has 1 aromatic carbocycles.